The van der Waals surface area contributed by atoms with E-state index in [4.69, 9.17) is 23.2 Å². The van der Waals surface area contributed by atoms with E-state index < -0.39 is 22.5 Å². The molecule has 0 aliphatic rings. The lowest BCUT2D eigenvalue weighted by Crippen LogP contribution is -2.39. The molecule has 1 amide bonds. The number of sulfonamides is 1. The molecule has 26 heavy (non-hydrogen) atoms. The quantitative estimate of drug-likeness (QED) is 0.508. The van der Waals surface area contributed by atoms with E-state index in [9.17, 15) is 13.2 Å². The molecule has 0 aromatic heterocycles. The van der Waals surface area contributed by atoms with Crippen molar-refractivity contribution >= 4 is 67.0 Å². The van der Waals surface area contributed by atoms with Crippen LogP contribution >= 0.6 is 39.1 Å². The highest BCUT2D eigenvalue weighted by Crippen LogP contribution is 2.22. The molecule has 6 nitrogen and oxygen atoms in total. The van der Waals surface area contributed by atoms with E-state index in [-0.39, 0.29) is 0 Å². The van der Waals surface area contributed by atoms with Gasteiger partial charge in [0.1, 0.15) is 6.54 Å². The smallest absolute Gasteiger partial charge is 0.260 e. The summed E-state index contributed by atoms with van der Waals surface area (Å²) in [6.45, 7) is -0.409. The Hall–Kier alpha value is -1.61. The largest absolute Gasteiger partial charge is 0.271 e. The third-order valence-corrected chi connectivity index (χ3v) is 5.50. The first kappa shape index (κ1) is 20.7. The van der Waals surface area contributed by atoms with Gasteiger partial charge in [0.25, 0.3) is 5.91 Å². The monoisotopic (exact) mass is 477 g/mol. The summed E-state index contributed by atoms with van der Waals surface area (Å²) in [7, 11) is -3.65. The van der Waals surface area contributed by atoms with Crippen LogP contribution in [0.1, 0.15) is 5.56 Å². The van der Waals surface area contributed by atoms with Gasteiger partial charge >= 0.3 is 0 Å². The fourth-order valence-electron chi connectivity index (χ4n) is 1.97. The number of anilines is 1. The van der Waals surface area contributed by atoms with Crippen LogP contribution in [0.25, 0.3) is 0 Å². The molecule has 0 fully saturated rings. The molecule has 0 bridgehead atoms. The number of hydrazone groups is 1. The SMILES string of the molecule is CS(=O)(=O)N(CC(=O)N/N=C\c1ccc(Cl)c(Cl)c1)c1cccc(Br)c1. The molecule has 138 valence electrons. The molecule has 0 saturated carbocycles. The number of carbonyl (C=O) groups is 1. The molecular weight excluding hydrogens is 465 g/mol. The van der Waals surface area contributed by atoms with Gasteiger partial charge in [0, 0.05) is 4.47 Å². The van der Waals surface area contributed by atoms with Crippen LogP contribution in [-0.4, -0.2) is 33.3 Å². The lowest BCUT2D eigenvalue weighted by Gasteiger charge is -2.21. The van der Waals surface area contributed by atoms with Crippen molar-refractivity contribution in [3.8, 4) is 0 Å². The van der Waals surface area contributed by atoms with Gasteiger partial charge in [0.05, 0.1) is 28.2 Å². The first-order valence-corrected chi connectivity index (χ1v) is 10.6. The van der Waals surface area contributed by atoms with Gasteiger partial charge in [0.2, 0.25) is 10.0 Å². The van der Waals surface area contributed by atoms with Crippen molar-refractivity contribution in [3.63, 3.8) is 0 Å². The van der Waals surface area contributed by atoms with E-state index in [0.29, 0.717) is 25.8 Å². The first-order valence-electron chi connectivity index (χ1n) is 7.17. The standard InChI is InChI=1S/C16H14BrCl2N3O3S/c1-26(24,25)22(13-4-2-3-12(17)8-13)10-16(23)21-20-9-11-5-6-14(18)15(19)7-11/h2-9H,10H2,1H3,(H,21,23)/b20-9-. The average molecular weight is 479 g/mol. The molecular formula is C16H14BrCl2N3O3S. The van der Waals surface area contributed by atoms with E-state index in [2.05, 4.69) is 26.5 Å². The minimum atomic E-state index is -3.65. The summed E-state index contributed by atoms with van der Waals surface area (Å²) in [5.74, 6) is -0.591. The van der Waals surface area contributed by atoms with Gasteiger partial charge in [-0.25, -0.2) is 13.8 Å². The summed E-state index contributed by atoms with van der Waals surface area (Å²) in [5.41, 5.74) is 3.29. The number of rotatable bonds is 6. The zero-order valence-electron chi connectivity index (χ0n) is 13.5. The lowest BCUT2D eigenvalue weighted by atomic mass is 10.2. The molecule has 0 unspecified atom stereocenters. The molecule has 0 spiro atoms. The Morgan fingerprint density at radius 1 is 1.23 bits per heavy atom. The second-order valence-electron chi connectivity index (χ2n) is 5.22. The van der Waals surface area contributed by atoms with Gasteiger partial charge in [0.15, 0.2) is 0 Å². The van der Waals surface area contributed by atoms with Crippen LogP contribution in [0.15, 0.2) is 52.0 Å². The summed E-state index contributed by atoms with van der Waals surface area (Å²) < 4.78 is 25.7. The average Bonchev–Trinajstić information content (AvgIpc) is 2.55. The number of benzene rings is 2. The van der Waals surface area contributed by atoms with Crippen molar-refractivity contribution in [2.24, 2.45) is 5.10 Å². The minimum Gasteiger partial charge on any atom is -0.271 e. The summed E-state index contributed by atoms with van der Waals surface area (Å²) in [6.07, 6.45) is 2.41. The van der Waals surface area contributed by atoms with Crippen LogP contribution in [0.5, 0.6) is 0 Å². The van der Waals surface area contributed by atoms with E-state index in [1.165, 1.54) is 6.21 Å². The fourth-order valence-corrected chi connectivity index (χ4v) is 3.51. The van der Waals surface area contributed by atoms with Crippen molar-refractivity contribution in [1.82, 2.24) is 5.43 Å². The Morgan fingerprint density at radius 3 is 2.58 bits per heavy atom. The third kappa shape index (κ3) is 5.98. The third-order valence-electron chi connectivity index (χ3n) is 3.13. The second-order valence-corrected chi connectivity index (χ2v) is 8.85. The normalized spacial score (nSPS) is 11.5. The Morgan fingerprint density at radius 2 is 1.96 bits per heavy atom. The number of nitrogens with zero attached hydrogens (tertiary/aromatic N) is 2. The first-order chi connectivity index (χ1) is 12.2. The summed E-state index contributed by atoms with van der Waals surface area (Å²) in [4.78, 5) is 12.1. The molecule has 0 radical (unpaired) electrons. The van der Waals surface area contributed by atoms with Gasteiger partial charge in [-0.2, -0.15) is 5.10 Å². The minimum absolute atomic E-state index is 0.361. The van der Waals surface area contributed by atoms with Crippen LogP contribution in [-0.2, 0) is 14.8 Å². The van der Waals surface area contributed by atoms with Gasteiger partial charge in [-0.3, -0.25) is 9.10 Å². The van der Waals surface area contributed by atoms with Gasteiger partial charge < -0.3 is 0 Å². The molecule has 2 aromatic rings. The Balaban J connectivity index is 2.08. The van der Waals surface area contributed by atoms with Crippen molar-refractivity contribution in [2.45, 2.75) is 0 Å². The zero-order valence-corrected chi connectivity index (χ0v) is 17.4. The van der Waals surface area contributed by atoms with Gasteiger partial charge in [-0.15, -0.1) is 0 Å². The van der Waals surface area contributed by atoms with Crippen LogP contribution in [0.2, 0.25) is 10.0 Å². The number of carbonyl (C=O) groups excluding carboxylic acids is 1. The van der Waals surface area contributed by atoms with Crippen molar-refractivity contribution < 1.29 is 13.2 Å². The van der Waals surface area contributed by atoms with E-state index in [1.54, 1.807) is 42.5 Å². The number of halogens is 3. The maximum Gasteiger partial charge on any atom is 0.260 e. The van der Waals surface area contributed by atoms with Crippen molar-refractivity contribution in [2.75, 3.05) is 17.1 Å². The van der Waals surface area contributed by atoms with Crippen LogP contribution in [0.3, 0.4) is 0 Å². The molecule has 2 aromatic carbocycles. The Bertz CT molecular complexity index is 952. The highest BCUT2D eigenvalue weighted by molar-refractivity contribution is 9.10. The van der Waals surface area contributed by atoms with Gasteiger partial charge in [-0.05, 0) is 35.9 Å². The maximum absolute atomic E-state index is 12.1. The summed E-state index contributed by atoms with van der Waals surface area (Å²) >= 11 is 15.0. The predicted octanol–water partition coefficient (Wildman–Crippen LogP) is 3.67. The number of nitrogens with one attached hydrogen (secondary N) is 1. The van der Waals surface area contributed by atoms with Crippen LogP contribution in [0, 0.1) is 0 Å². The predicted molar refractivity (Wildman–Crippen MR) is 109 cm³/mol. The number of hydrogen-bond donors (Lipinski definition) is 1. The molecule has 0 aliphatic carbocycles. The Kier molecular flexibility index (Phi) is 7.05. The van der Waals surface area contributed by atoms with Gasteiger partial charge in [-0.1, -0.05) is 51.3 Å². The molecule has 0 heterocycles. The molecule has 2 rings (SSSR count). The molecule has 1 N–H and O–H groups in total. The van der Waals surface area contributed by atoms with E-state index in [0.717, 1.165) is 10.6 Å². The summed E-state index contributed by atoms with van der Waals surface area (Å²) in [5, 5.41) is 4.57. The fraction of sp³-hybridized carbons (Fsp3) is 0.125. The topological polar surface area (TPSA) is 78.8 Å². The Labute approximate surface area is 170 Å². The summed E-state index contributed by atoms with van der Waals surface area (Å²) in [6, 6.07) is 11.5. The maximum atomic E-state index is 12.1. The highest BCUT2D eigenvalue weighted by atomic mass is 79.9. The number of hydrogen-bond acceptors (Lipinski definition) is 4. The highest BCUT2D eigenvalue weighted by Gasteiger charge is 2.20. The molecule has 0 saturated heterocycles. The van der Waals surface area contributed by atoms with Crippen LogP contribution < -0.4 is 9.73 Å². The lowest BCUT2D eigenvalue weighted by molar-refractivity contribution is -0.119. The van der Waals surface area contributed by atoms with Crippen molar-refractivity contribution in [3.05, 3.63) is 62.5 Å². The molecule has 0 atom stereocenters. The van der Waals surface area contributed by atoms with E-state index >= 15 is 0 Å². The van der Waals surface area contributed by atoms with Crippen LogP contribution in [0.4, 0.5) is 5.69 Å². The van der Waals surface area contributed by atoms with E-state index in [1.807, 2.05) is 0 Å². The second kappa shape index (κ2) is 8.85. The molecule has 0 aliphatic heterocycles. The zero-order chi connectivity index (χ0) is 19.3. The van der Waals surface area contributed by atoms with Crippen molar-refractivity contribution in [1.29, 1.82) is 0 Å². The number of amides is 1. The molecule has 10 heteroatoms.